The summed E-state index contributed by atoms with van der Waals surface area (Å²) in [4.78, 5) is 15.1. The molecule has 0 aliphatic carbocycles. The molecule has 2 aliphatic rings. The molecule has 1 N–H and O–H groups in total. The van der Waals surface area contributed by atoms with Crippen molar-refractivity contribution < 1.29 is 14.3 Å². The average Bonchev–Trinajstić information content (AvgIpc) is 3.05. The molecule has 0 bridgehead atoms. The predicted octanol–water partition coefficient (Wildman–Crippen LogP) is 2.46. The molecule has 1 amide bonds. The third kappa shape index (κ3) is 4.95. The highest BCUT2D eigenvalue weighted by Gasteiger charge is 2.41. The van der Waals surface area contributed by atoms with Crippen LogP contribution in [0, 0.1) is 5.92 Å². The maximum Gasteiger partial charge on any atom is 0.237 e. The number of carbonyl (C=O) groups is 1. The van der Waals surface area contributed by atoms with Crippen LogP contribution < -0.4 is 10.1 Å². The molecule has 2 aliphatic heterocycles. The van der Waals surface area contributed by atoms with Gasteiger partial charge in [0.1, 0.15) is 11.9 Å². The number of ether oxygens (including phenoxy) is 2. The van der Waals surface area contributed by atoms with Gasteiger partial charge in [-0.1, -0.05) is 32.0 Å². The molecule has 0 radical (unpaired) electrons. The normalized spacial score (nSPS) is 25.2. The van der Waals surface area contributed by atoms with Gasteiger partial charge in [-0.2, -0.15) is 0 Å². The molecular weight excluding hydrogens is 316 g/mol. The molecule has 2 heterocycles. The van der Waals surface area contributed by atoms with Gasteiger partial charge in [-0.25, -0.2) is 0 Å². The summed E-state index contributed by atoms with van der Waals surface area (Å²) in [6.07, 6.45) is 2.79. The van der Waals surface area contributed by atoms with Gasteiger partial charge in [0.05, 0.1) is 6.04 Å². The summed E-state index contributed by atoms with van der Waals surface area (Å²) in [5, 5.41) is 3.11. The molecule has 1 aromatic rings. The minimum absolute atomic E-state index is 0.0556. The van der Waals surface area contributed by atoms with Crippen LogP contribution in [-0.2, 0) is 9.53 Å². The number of benzene rings is 1. The van der Waals surface area contributed by atoms with Gasteiger partial charge >= 0.3 is 0 Å². The van der Waals surface area contributed by atoms with Crippen molar-refractivity contribution in [1.29, 1.82) is 0 Å². The Hall–Kier alpha value is -1.59. The summed E-state index contributed by atoms with van der Waals surface area (Å²) >= 11 is 0. The lowest BCUT2D eigenvalue weighted by molar-refractivity contribution is -0.127. The number of rotatable bonds is 6. The van der Waals surface area contributed by atoms with E-state index >= 15 is 0 Å². The van der Waals surface area contributed by atoms with Gasteiger partial charge in [-0.3, -0.25) is 9.69 Å². The minimum Gasteiger partial charge on any atom is -0.489 e. The van der Waals surface area contributed by atoms with Gasteiger partial charge in [-0.15, -0.1) is 0 Å². The molecule has 5 nitrogen and oxygen atoms in total. The third-order valence-corrected chi connectivity index (χ3v) is 4.99. The molecule has 25 heavy (non-hydrogen) atoms. The van der Waals surface area contributed by atoms with Crippen LogP contribution >= 0.6 is 0 Å². The first kappa shape index (κ1) is 18.2. The molecule has 0 spiro atoms. The van der Waals surface area contributed by atoms with E-state index < -0.39 is 0 Å². The highest BCUT2D eigenvalue weighted by molar-refractivity contribution is 5.82. The standard InChI is InChI=1S/C20H30N2O3/c1-15(2)13-21-20(23)19-12-18(25-17-6-4-3-5-7-17)14-22(19)16-8-10-24-11-9-16/h3-7,15-16,18-19H,8-14H2,1-2H3,(H,21,23)/t18-,19-/m0/s1. The number of nitrogens with zero attached hydrogens (tertiary/aromatic N) is 1. The van der Waals surface area contributed by atoms with E-state index in [0.29, 0.717) is 12.0 Å². The zero-order valence-electron chi connectivity index (χ0n) is 15.3. The van der Waals surface area contributed by atoms with E-state index in [1.54, 1.807) is 0 Å². The Morgan fingerprint density at radius 1 is 1.28 bits per heavy atom. The molecule has 0 aromatic heterocycles. The summed E-state index contributed by atoms with van der Waals surface area (Å²) < 4.78 is 11.6. The number of likely N-dealkylation sites (tertiary alicyclic amines) is 1. The summed E-state index contributed by atoms with van der Waals surface area (Å²) in [6.45, 7) is 7.33. The van der Waals surface area contributed by atoms with Gasteiger partial charge in [0.25, 0.3) is 0 Å². The van der Waals surface area contributed by atoms with E-state index in [1.807, 2.05) is 30.3 Å². The van der Waals surface area contributed by atoms with Gasteiger partial charge in [-0.05, 0) is 30.9 Å². The SMILES string of the molecule is CC(C)CNC(=O)[C@@H]1C[C@H](Oc2ccccc2)CN1C1CCOCC1. The Morgan fingerprint density at radius 3 is 2.68 bits per heavy atom. The zero-order chi connectivity index (χ0) is 17.6. The van der Waals surface area contributed by atoms with Gasteiger partial charge in [0.15, 0.2) is 0 Å². The smallest absolute Gasteiger partial charge is 0.237 e. The van der Waals surface area contributed by atoms with Crippen LogP contribution in [0.1, 0.15) is 33.1 Å². The maximum absolute atomic E-state index is 12.8. The fraction of sp³-hybridized carbons (Fsp3) is 0.650. The van der Waals surface area contributed by atoms with E-state index in [9.17, 15) is 4.79 Å². The number of hydrogen-bond donors (Lipinski definition) is 1. The Bertz CT molecular complexity index is 543. The van der Waals surface area contributed by atoms with Crippen molar-refractivity contribution >= 4 is 5.91 Å². The molecule has 2 fully saturated rings. The molecule has 3 rings (SSSR count). The van der Waals surface area contributed by atoms with Crippen molar-refractivity contribution in [2.24, 2.45) is 5.92 Å². The molecule has 1 aromatic carbocycles. The Balaban J connectivity index is 1.66. The van der Waals surface area contributed by atoms with Crippen LogP contribution in [0.3, 0.4) is 0 Å². The van der Waals surface area contributed by atoms with E-state index in [1.165, 1.54) is 0 Å². The summed E-state index contributed by atoms with van der Waals surface area (Å²) in [5.41, 5.74) is 0. The average molecular weight is 346 g/mol. The van der Waals surface area contributed by atoms with Crippen LogP contribution in [0.2, 0.25) is 0 Å². The van der Waals surface area contributed by atoms with Crippen molar-refractivity contribution in [3.63, 3.8) is 0 Å². The van der Waals surface area contributed by atoms with Gasteiger partial charge in [0, 0.05) is 38.8 Å². The number of hydrogen-bond acceptors (Lipinski definition) is 4. The first-order valence-corrected chi connectivity index (χ1v) is 9.46. The van der Waals surface area contributed by atoms with Crippen LogP contribution in [-0.4, -0.2) is 55.3 Å². The topological polar surface area (TPSA) is 50.8 Å². The summed E-state index contributed by atoms with van der Waals surface area (Å²) in [7, 11) is 0. The maximum atomic E-state index is 12.8. The van der Waals surface area contributed by atoms with Crippen molar-refractivity contribution in [1.82, 2.24) is 10.2 Å². The van der Waals surface area contributed by atoms with Crippen molar-refractivity contribution in [3.8, 4) is 5.75 Å². The fourth-order valence-corrected chi connectivity index (χ4v) is 3.70. The lowest BCUT2D eigenvalue weighted by Gasteiger charge is -2.34. The zero-order valence-corrected chi connectivity index (χ0v) is 15.3. The second-order valence-electron chi connectivity index (χ2n) is 7.48. The highest BCUT2D eigenvalue weighted by atomic mass is 16.5. The number of carbonyl (C=O) groups excluding carboxylic acids is 1. The van der Waals surface area contributed by atoms with Gasteiger partial charge < -0.3 is 14.8 Å². The third-order valence-electron chi connectivity index (χ3n) is 4.99. The fourth-order valence-electron chi connectivity index (χ4n) is 3.70. The predicted molar refractivity (Wildman–Crippen MR) is 97.7 cm³/mol. The summed E-state index contributed by atoms with van der Waals surface area (Å²) in [6, 6.07) is 10.2. The Labute approximate surface area is 150 Å². The quantitative estimate of drug-likeness (QED) is 0.860. The van der Waals surface area contributed by atoms with E-state index in [4.69, 9.17) is 9.47 Å². The van der Waals surface area contributed by atoms with Crippen molar-refractivity contribution in [2.75, 3.05) is 26.3 Å². The van der Waals surface area contributed by atoms with Gasteiger partial charge in [0.2, 0.25) is 5.91 Å². The van der Waals surface area contributed by atoms with E-state index in [0.717, 1.165) is 51.3 Å². The Morgan fingerprint density at radius 2 is 2.00 bits per heavy atom. The van der Waals surface area contributed by atoms with Crippen molar-refractivity contribution in [3.05, 3.63) is 30.3 Å². The first-order valence-electron chi connectivity index (χ1n) is 9.46. The minimum atomic E-state index is -0.101. The van der Waals surface area contributed by atoms with Crippen LogP contribution in [0.5, 0.6) is 5.75 Å². The monoisotopic (exact) mass is 346 g/mol. The van der Waals surface area contributed by atoms with Crippen LogP contribution in [0.4, 0.5) is 0 Å². The van der Waals surface area contributed by atoms with Crippen molar-refractivity contribution in [2.45, 2.75) is 51.3 Å². The molecule has 138 valence electrons. The molecule has 2 atom stereocenters. The molecular formula is C20H30N2O3. The largest absolute Gasteiger partial charge is 0.489 e. The molecule has 5 heteroatoms. The molecule has 0 unspecified atom stereocenters. The molecule has 2 saturated heterocycles. The highest BCUT2D eigenvalue weighted by Crippen LogP contribution is 2.28. The number of nitrogens with one attached hydrogen (secondary N) is 1. The second-order valence-corrected chi connectivity index (χ2v) is 7.48. The number of amides is 1. The van der Waals surface area contributed by atoms with Crippen LogP contribution in [0.15, 0.2) is 30.3 Å². The first-order chi connectivity index (χ1) is 12.1. The van der Waals surface area contributed by atoms with Crippen LogP contribution in [0.25, 0.3) is 0 Å². The van der Waals surface area contributed by atoms with E-state index in [2.05, 4.69) is 24.1 Å². The summed E-state index contributed by atoms with van der Waals surface area (Å²) in [5.74, 6) is 1.47. The Kier molecular flexibility index (Phi) is 6.32. The number of para-hydroxylation sites is 1. The lowest BCUT2D eigenvalue weighted by Crippen LogP contribution is -2.49. The molecule has 0 saturated carbocycles. The van der Waals surface area contributed by atoms with E-state index in [-0.39, 0.29) is 18.1 Å². The second kappa shape index (κ2) is 8.68. The lowest BCUT2D eigenvalue weighted by atomic mass is 10.1.